The maximum absolute atomic E-state index is 6.13. The number of hydrogen-bond donors (Lipinski definition) is 0. The van der Waals surface area contributed by atoms with Crippen LogP contribution in [-0.2, 0) is 0 Å². The highest BCUT2D eigenvalue weighted by molar-refractivity contribution is 5.71. The lowest BCUT2D eigenvalue weighted by Crippen LogP contribution is -2.03. The van der Waals surface area contributed by atoms with Crippen LogP contribution in [0.1, 0.15) is 91.4 Å². The van der Waals surface area contributed by atoms with Gasteiger partial charge in [-0.05, 0) is 37.3 Å². The van der Waals surface area contributed by atoms with Crippen molar-refractivity contribution in [1.82, 2.24) is 9.97 Å². The standard InChI is InChI=1S/C27H42N2O2/c1-4-6-7-8-9-13-19-30-25-18-11-10-17-24(25)27-26(21-28-22-29-27)31-20-14-12-16-23(3)15-5-2/h10-11,17-18,21-23H,4-9,12-16,19-20H2,1-3H3. The Morgan fingerprint density at radius 2 is 1.48 bits per heavy atom. The average molecular weight is 427 g/mol. The number of aromatic nitrogens is 2. The quantitative estimate of drug-likeness (QED) is 0.241. The van der Waals surface area contributed by atoms with Crippen LogP contribution in [0.15, 0.2) is 36.8 Å². The van der Waals surface area contributed by atoms with E-state index in [0.29, 0.717) is 6.61 Å². The Balaban J connectivity index is 1.88. The molecule has 1 atom stereocenters. The Morgan fingerprint density at radius 1 is 0.774 bits per heavy atom. The second kappa shape index (κ2) is 15.7. The van der Waals surface area contributed by atoms with Crippen LogP contribution in [0.2, 0.25) is 0 Å². The maximum atomic E-state index is 6.13. The Labute approximate surface area is 189 Å². The number of para-hydroxylation sites is 1. The van der Waals surface area contributed by atoms with Crippen molar-refractivity contribution in [2.45, 2.75) is 91.4 Å². The summed E-state index contributed by atoms with van der Waals surface area (Å²) in [6.45, 7) is 8.28. The SMILES string of the molecule is CCCCCCCCOc1ccccc1-c1ncncc1OCCCCC(C)CCC. The predicted molar refractivity (Wildman–Crippen MR) is 130 cm³/mol. The fraction of sp³-hybridized carbons (Fsp3) is 0.630. The molecule has 0 saturated carbocycles. The lowest BCUT2D eigenvalue weighted by molar-refractivity contribution is 0.296. The third-order valence-electron chi connectivity index (χ3n) is 5.71. The number of rotatable bonds is 17. The van der Waals surface area contributed by atoms with E-state index in [2.05, 4.69) is 36.8 Å². The van der Waals surface area contributed by atoms with E-state index in [0.717, 1.165) is 48.1 Å². The molecule has 0 fully saturated rings. The normalized spacial score (nSPS) is 12.0. The minimum atomic E-state index is 0.694. The van der Waals surface area contributed by atoms with Crippen LogP contribution in [0.25, 0.3) is 11.3 Å². The van der Waals surface area contributed by atoms with Gasteiger partial charge >= 0.3 is 0 Å². The third kappa shape index (κ3) is 9.71. The van der Waals surface area contributed by atoms with Crippen LogP contribution in [0.5, 0.6) is 11.5 Å². The van der Waals surface area contributed by atoms with Gasteiger partial charge in [0, 0.05) is 5.56 Å². The summed E-state index contributed by atoms with van der Waals surface area (Å²) in [6.07, 6.45) is 17.0. The van der Waals surface area contributed by atoms with E-state index < -0.39 is 0 Å². The molecule has 2 aromatic rings. The van der Waals surface area contributed by atoms with Gasteiger partial charge in [0.1, 0.15) is 17.8 Å². The van der Waals surface area contributed by atoms with Crippen molar-refractivity contribution in [1.29, 1.82) is 0 Å². The summed E-state index contributed by atoms with van der Waals surface area (Å²) in [6, 6.07) is 8.11. The van der Waals surface area contributed by atoms with E-state index >= 15 is 0 Å². The molecule has 172 valence electrons. The topological polar surface area (TPSA) is 44.2 Å². The Kier molecular flexibility index (Phi) is 12.7. The monoisotopic (exact) mass is 426 g/mol. The molecule has 2 rings (SSSR count). The third-order valence-corrected chi connectivity index (χ3v) is 5.71. The van der Waals surface area contributed by atoms with Crippen molar-refractivity contribution in [3.8, 4) is 22.8 Å². The highest BCUT2D eigenvalue weighted by Crippen LogP contribution is 2.34. The Bertz CT molecular complexity index is 720. The zero-order chi connectivity index (χ0) is 22.2. The van der Waals surface area contributed by atoms with E-state index in [1.54, 1.807) is 12.5 Å². The van der Waals surface area contributed by atoms with Crippen molar-refractivity contribution in [2.75, 3.05) is 13.2 Å². The lowest BCUT2D eigenvalue weighted by atomic mass is 9.99. The van der Waals surface area contributed by atoms with Gasteiger partial charge in [0.05, 0.1) is 19.4 Å². The van der Waals surface area contributed by atoms with Gasteiger partial charge in [-0.25, -0.2) is 9.97 Å². The molecule has 0 aliphatic heterocycles. The van der Waals surface area contributed by atoms with Crippen molar-refractivity contribution in [2.24, 2.45) is 5.92 Å². The summed E-state index contributed by atoms with van der Waals surface area (Å²) >= 11 is 0. The summed E-state index contributed by atoms with van der Waals surface area (Å²) < 4.78 is 12.2. The van der Waals surface area contributed by atoms with Crippen LogP contribution in [0.4, 0.5) is 0 Å². The first-order valence-corrected chi connectivity index (χ1v) is 12.4. The van der Waals surface area contributed by atoms with Crippen LogP contribution in [0.3, 0.4) is 0 Å². The second-order valence-corrected chi connectivity index (χ2v) is 8.59. The van der Waals surface area contributed by atoms with Gasteiger partial charge in [-0.1, -0.05) is 84.3 Å². The molecule has 0 bridgehead atoms. The minimum Gasteiger partial charge on any atom is -0.493 e. The van der Waals surface area contributed by atoms with Crippen molar-refractivity contribution in [3.63, 3.8) is 0 Å². The van der Waals surface area contributed by atoms with E-state index in [9.17, 15) is 0 Å². The van der Waals surface area contributed by atoms with Gasteiger partial charge in [-0.3, -0.25) is 0 Å². The molecule has 4 nitrogen and oxygen atoms in total. The van der Waals surface area contributed by atoms with Crippen LogP contribution >= 0.6 is 0 Å². The maximum Gasteiger partial charge on any atom is 0.163 e. The number of hydrogen-bond acceptors (Lipinski definition) is 4. The van der Waals surface area contributed by atoms with E-state index in [1.807, 2.05) is 18.2 Å². The van der Waals surface area contributed by atoms with Gasteiger partial charge in [0.25, 0.3) is 0 Å². The molecular weight excluding hydrogens is 384 g/mol. The molecule has 0 N–H and O–H groups in total. The van der Waals surface area contributed by atoms with Crippen molar-refractivity contribution < 1.29 is 9.47 Å². The Hall–Kier alpha value is -2.10. The molecule has 1 heterocycles. The molecule has 0 radical (unpaired) electrons. The molecular formula is C27H42N2O2. The predicted octanol–water partition coefficient (Wildman–Crippen LogP) is 7.87. The molecule has 0 saturated heterocycles. The summed E-state index contributed by atoms with van der Waals surface area (Å²) in [5, 5.41) is 0. The van der Waals surface area contributed by atoms with Gasteiger partial charge in [0.15, 0.2) is 5.75 Å². The first kappa shape index (κ1) is 25.2. The highest BCUT2D eigenvalue weighted by atomic mass is 16.5. The number of nitrogens with zero attached hydrogens (tertiary/aromatic N) is 2. The molecule has 0 amide bonds. The van der Waals surface area contributed by atoms with Crippen molar-refractivity contribution >= 4 is 0 Å². The van der Waals surface area contributed by atoms with E-state index in [1.165, 1.54) is 57.8 Å². The minimum absolute atomic E-state index is 0.694. The first-order valence-electron chi connectivity index (χ1n) is 12.4. The summed E-state index contributed by atoms with van der Waals surface area (Å²) in [7, 11) is 0. The van der Waals surface area contributed by atoms with Gasteiger partial charge < -0.3 is 9.47 Å². The molecule has 0 aliphatic rings. The fourth-order valence-corrected chi connectivity index (χ4v) is 3.89. The average Bonchev–Trinajstić information content (AvgIpc) is 2.79. The smallest absolute Gasteiger partial charge is 0.163 e. The molecule has 0 spiro atoms. The molecule has 0 aliphatic carbocycles. The van der Waals surface area contributed by atoms with Crippen LogP contribution in [0, 0.1) is 5.92 Å². The van der Waals surface area contributed by atoms with Gasteiger partial charge in [-0.15, -0.1) is 0 Å². The number of benzene rings is 1. The molecule has 31 heavy (non-hydrogen) atoms. The second-order valence-electron chi connectivity index (χ2n) is 8.59. The zero-order valence-electron chi connectivity index (χ0n) is 19.9. The summed E-state index contributed by atoms with van der Waals surface area (Å²) in [4.78, 5) is 8.71. The molecule has 1 unspecified atom stereocenters. The fourth-order valence-electron chi connectivity index (χ4n) is 3.89. The van der Waals surface area contributed by atoms with Crippen molar-refractivity contribution in [3.05, 3.63) is 36.8 Å². The molecule has 1 aromatic carbocycles. The van der Waals surface area contributed by atoms with E-state index in [4.69, 9.17) is 9.47 Å². The number of ether oxygens (including phenoxy) is 2. The van der Waals surface area contributed by atoms with Crippen LogP contribution in [-0.4, -0.2) is 23.2 Å². The molecule has 1 aromatic heterocycles. The largest absolute Gasteiger partial charge is 0.493 e. The zero-order valence-corrected chi connectivity index (χ0v) is 19.9. The molecule has 4 heteroatoms. The highest BCUT2D eigenvalue weighted by Gasteiger charge is 2.13. The first-order chi connectivity index (χ1) is 15.3. The Morgan fingerprint density at radius 3 is 2.29 bits per heavy atom. The summed E-state index contributed by atoms with van der Waals surface area (Å²) in [5.74, 6) is 2.41. The van der Waals surface area contributed by atoms with Crippen LogP contribution < -0.4 is 9.47 Å². The number of unbranched alkanes of at least 4 members (excludes halogenated alkanes) is 6. The lowest BCUT2D eigenvalue weighted by Gasteiger charge is -2.14. The summed E-state index contributed by atoms with van der Waals surface area (Å²) in [5.41, 5.74) is 1.79. The van der Waals surface area contributed by atoms with E-state index in [-0.39, 0.29) is 0 Å². The van der Waals surface area contributed by atoms with Gasteiger partial charge in [-0.2, -0.15) is 0 Å². The van der Waals surface area contributed by atoms with Gasteiger partial charge in [0.2, 0.25) is 0 Å².